The first kappa shape index (κ1) is 23.1. The fourth-order valence-electron chi connectivity index (χ4n) is 4.81. The molecule has 8 heteroatoms. The molecule has 1 saturated heterocycles. The van der Waals surface area contributed by atoms with Crippen LogP contribution in [0.1, 0.15) is 16.8 Å². The number of aromatic amines is 1. The molecule has 0 unspecified atom stereocenters. The van der Waals surface area contributed by atoms with Gasteiger partial charge in [-0.25, -0.2) is 0 Å². The number of anilines is 2. The number of hydrogen-bond donors (Lipinski definition) is 2. The van der Waals surface area contributed by atoms with Gasteiger partial charge >= 0.3 is 0 Å². The van der Waals surface area contributed by atoms with Crippen molar-refractivity contribution in [1.82, 2.24) is 9.97 Å². The Hall–Kier alpha value is -4.30. The molecule has 6 rings (SSSR count). The summed E-state index contributed by atoms with van der Waals surface area (Å²) in [7, 11) is 1.63. The molecule has 2 aromatic heterocycles. The number of methoxy groups -OCH3 is 1. The molecule has 2 aliphatic rings. The van der Waals surface area contributed by atoms with E-state index < -0.39 is 0 Å². The third-order valence-electron chi connectivity index (χ3n) is 6.75. The Labute approximate surface area is 214 Å². The SMILES string of the molecule is COc1ccc(CNc2ccc3c(c2)Cc2cccc(-c4cc(N5CCOCC5)cc(=O)[nH]4)c2O3)nc1. The Bertz CT molecular complexity index is 1480. The third kappa shape index (κ3) is 4.88. The summed E-state index contributed by atoms with van der Waals surface area (Å²) in [6, 6.07) is 19.7. The van der Waals surface area contributed by atoms with E-state index in [2.05, 4.69) is 32.3 Å². The highest BCUT2D eigenvalue weighted by Gasteiger charge is 2.22. The number of nitrogens with one attached hydrogen (secondary N) is 2. The zero-order chi connectivity index (χ0) is 25.2. The van der Waals surface area contributed by atoms with Crippen molar-refractivity contribution in [3.63, 3.8) is 0 Å². The van der Waals surface area contributed by atoms with E-state index in [9.17, 15) is 4.79 Å². The maximum Gasteiger partial charge on any atom is 0.250 e. The van der Waals surface area contributed by atoms with Crippen molar-refractivity contribution in [3.8, 4) is 28.5 Å². The van der Waals surface area contributed by atoms with Gasteiger partial charge in [-0.05, 0) is 48.0 Å². The quantitative estimate of drug-likeness (QED) is 0.355. The number of ether oxygens (including phenoxy) is 3. The van der Waals surface area contributed by atoms with Gasteiger partial charge in [-0.15, -0.1) is 0 Å². The maximum absolute atomic E-state index is 12.6. The summed E-state index contributed by atoms with van der Waals surface area (Å²) >= 11 is 0. The Kier molecular flexibility index (Phi) is 6.24. The number of morpholine rings is 1. The second-order valence-electron chi connectivity index (χ2n) is 9.15. The smallest absolute Gasteiger partial charge is 0.250 e. The Morgan fingerprint density at radius 2 is 1.95 bits per heavy atom. The van der Waals surface area contributed by atoms with Crippen LogP contribution in [-0.2, 0) is 17.7 Å². The number of aromatic nitrogens is 2. The van der Waals surface area contributed by atoms with E-state index in [-0.39, 0.29) is 5.56 Å². The third-order valence-corrected chi connectivity index (χ3v) is 6.75. The molecule has 0 spiro atoms. The van der Waals surface area contributed by atoms with Crippen LogP contribution < -0.4 is 25.2 Å². The van der Waals surface area contributed by atoms with E-state index in [1.54, 1.807) is 19.4 Å². The molecule has 0 radical (unpaired) electrons. The van der Waals surface area contributed by atoms with Crippen LogP contribution in [0.2, 0.25) is 0 Å². The molecule has 0 bridgehead atoms. The summed E-state index contributed by atoms with van der Waals surface area (Å²) in [4.78, 5) is 22.2. The standard InChI is InChI=1S/C29H28N4O4/c1-35-24-7-5-22(31-18-24)17-30-21-6-8-27-20(14-21)13-19-3-2-4-25(29(19)37-27)26-15-23(16-28(34)32-26)33-9-11-36-12-10-33/h2-8,14-16,18,30H,9-13,17H2,1H3,(H,32,34). The molecule has 0 amide bonds. The van der Waals surface area contributed by atoms with Crippen LogP contribution >= 0.6 is 0 Å². The summed E-state index contributed by atoms with van der Waals surface area (Å²) in [6.45, 7) is 3.47. The molecule has 0 atom stereocenters. The van der Waals surface area contributed by atoms with Gasteiger partial charge in [0.25, 0.3) is 0 Å². The maximum atomic E-state index is 12.6. The zero-order valence-electron chi connectivity index (χ0n) is 20.6. The minimum absolute atomic E-state index is 0.130. The van der Waals surface area contributed by atoms with Crippen LogP contribution in [0.25, 0.3) is 11.3 Å². The average molecular weight is 497 g/mol. The Morgan fingerprint density at radius 1 is 1.05 bits per heavy atom. The molecule has 8 nitrogen and oxygen atoms in total. The van der Waals surface area contributed by atoms with Gasteiger partial charge in [-0.3, -0.25) is 9.78 Å². The lowest BCUT2D eigenvalue weighted by Gasteiger charge is -2.29. The van der Waals surface area contributed by atoms with Crippen LogP contribution in [0, 0.1) is 0 Å². The number of fused-ring (bicyclic) bond motifs is 2. The topological polar surface area (TPSA) is 88.7 Å². The van der Waals surface area contributed by atoms with Gasteiger partial charge in [0.05, 0.1) is 44.5 Å². The molecular weight excluding hydrogens is 468 g/mol. The van der Waals surface area contributed by atoms with Crippen molar-refractivity contribution in [2.45, 2.75) is 13.0 Å². The molecule has 0 aliphatic carbocycles. The van der Waals surface area contributed by atoms with Gasteiger partial charge in [-0.2, -0.15) is 0 Å². The van der Waals surface area contributed by atoms with Crippen molar-refractivity contribution >= 4 is 11.4 Å². The van der Waals surface area contributed by atoms with E-state index in [4.69, 9.17) is 14.2 Å². The number of nitrogens with zero attached hydrogens (tertiary/aromatic N) is 2. The summed E-state index contributed by atoms with van der Waals surface area (Å²) in [6.07, 6.45) is 2.46. The monoisotopic (exact) mass is 496 g/mol. The molecule has 37 heavy (non-hydrogen) atoms. The van der Waals surface area contributed by atoms with Gasteiger partial charge < -0.3 is 29.4 Å². The summed E-state index contributed by atoms with van der Waals surface area (Å²) < 4.78 is 17.1. The normalized spacial score (nSPS) is 14.4. The van der Waals surface area contributed by atoms with Crippen LogP contribution in [-0.4, -0.2) is 43.4 Å². The van der Waals surface area contributed by atoms with Crippen molar-refractivity contribution in [1.29, 1.82) is 0 Å². The Morgan fingerprint density at radius 3 is 2.76 bits per heavy atom. The first-order valence-electron chi connectivity index (χ1n) is 12.4. The van der Waals surface area contributed by atoms with Gasteiger partial charge in [0.2, 0.25) is 5.56 Å². The first-order chi connectivity index (χ1) is 18.2. The number of pyridine rings is 2. The van der Waals surface area contributed by atoms with Gasteiger partial charge in [-0.1, -0.05) is 12.1 Å². The van der Waals surface area contributed by atoms with E-state index in [0.29, 0.717) is 19.8 Å². The lowest BCUT2D eigenvalue weighted by atomic mass is 9.96. The highest BCUT2D eigenvalue weighted by Crippen LogP contribution is 2.43. The number of hydrogen-bond acceptors (Lipinski definition) is 7. The lowest BCUT2D eigenvalue weighted by Crippen LogP contribution is -2.36. The van der Waals surface area contributed by atoms with Crippen molar-refractivity contribution in [3.05, 3.63) is 94.0 Å². The summed E-state index contributed by atoms with van der Waals surface area (Å²) in [5.74, 6) is 2.34. The van der Waals surface area contributed by atoms with Crippen LogP contribution in [0.3, 0.4) is 0 Å². The van der Waals surface area contributed by atoms with Crippen molar-refractivity contribution in [2.75, 3.05) is 43.6 Å². The predicted molar refractivity (Wildman–Crippen MR) is 143 cm³/mol. The minimum Gasteiger partial charge on any atom is -0.495 e. The number of H-pyrrole nitrogens is 1. The molecule has 2 aromatic carbocycles. The molecule has 2 aliphatic heterocycles. The Balaban J connectivity index is 1.24. The second kappa shape index (κ2) is 9.99. The summed E-state index contributed by atoms with van der Waals surface area (Å²) in [5, 5.41) is 3.44. The largest absolute Gasteiger partial charge is 0.495 e. The van der Waals surface area contributed by atoms with Crippen molar-refractivity contribution < 1.29 is 14.2 Å². The van der Waals surface area contributed by atoms with Gasteiger partial charge in [0.15, 0.2) is 0 Å². The molecule has 1 fully saturated rings. The minimum atomic E-state index is -0.130. The van der Waals surface area contributed by atoms with Gasteiger partial charge in [0.1, 0.15) is 17.2 Å². The van der Waals surface area contributed by atoms with E-state index in [0.717, 1.165) is 76.2 Å². The molecule has 4 aromatic rings. The molecule has 2 N–H and O–H groups in total. The zero-order valence-corrected chi connectivity index (χ0v) is 20.6. The van der Waals surface area contributed by atoms with Crippen LogP contribution in [0.4, 0.5) is 11.4 Å². The predicted octanol–water partition coefficient (Wildman–Crippen LogP) is 4.59. The molecule has 4 heterocycles. The summed E-state index contributed by atoms with van der Waals surface area (Å²) in [5.41, 5.74) is 6.51. The molecular formula is C29H28N4O4. The highest BCUT2D eigenvalue weighted by atomic mass is 16.5. The fraction of sp³-hybridized carbons (Fsp3) is 0.241. The number of para-hydroxylation sites is 1. The van der Waals surface area contributed by atoms with Crippen LogP contribution in [0.5, 0.6) is 17.2 Å². The first-order valence-corrected chi connectivity index (χ1v) is 12.4. The molecule has 0 saturated carbocycles. The van der Waals surface area contributed by atoms with E-state index >= 15 is 0 Å². The van der Waals surface area contributed by atoms with Gasteiger partial charge in [0, 0.05) is 48.1 Å². The lowest BCUT2D eigenvalue weighted by molar-refractivity contribution is 0.122. The van der Waals surface area contributed by atoms with Crippen molar-refractivity contribution in [2.24, 2.45) is 0 Å². The molecule has 188 valence electrons. The van der Waals surface area contributed by atoms with E-state index in [1.807, 2.05) is 42.5 Å². The average Bonchev–Trinajstić information content (AvgIpc) is 2.95. The number of benzene rings is 2. The van der Waals surface area contributed by atoms with E-state index in [1.165, 1.54) is 0 Å². The highest BCUT2D eigenvalue weighted by molar-refractivity contribution is 5.74. The van der Waals surface area contributed by atoms with Crippen LogP contribution in [0.15, 0.2) is 71.7 Å². The number of rotatable bonds is 6. The second-order valence-corrected chi connectivity index (χ2v) is 9.15. The fourth-order valence-corrected chi connectivity index (χ4v) is 4.81.